The minimum atomic E-state index is 0.127. The summed E-state index contributed by atoms with van der Waals surface area (Å²) in [4.78, 5) is 2.47. The summed E-state index contributed by atoms with van der Waals surface area (Å²) >= 11 is 0. The molecule has 4 rings (SSSR count). The number of fused-ring (bicyclic) bond motifs is 1. The predicted octanol–water partition coefficient (Wildman–Crippen LogP) is 5.03. The molecule has 0 saturated heterocycles. The minimum absolute atomic E-state index is 0.127. The van der Waals surface area contributed by atoms with E-state index in [2.05, 4.69) is 60.5 Å². The van der Waals surface area contributed by atoms with E-state index in [0.717, 1.165) is 24.6 Å². The first-order chi connectivity index (χ1) is 12.3. The zero-order valence-corrected chi connectivity index (χ0v) is 15.3. The normalized spacial score (nSPS) is 17.5. The molecule has 0 spiro atoms. The molecule has 25 heavy (non-hydrogen) atoms. The zero-order valence-electron chi connectivity index (χ0n) is 15.3. The van der Waals surface area contributed by atoms with Gasteiger partial charge in [-0.3, -0.25) is 0 Å². The van der Waals surface area contributed by atoms with E-state index >= 15 is 0 Å². The fourth-order valence-electron chi connectivity index (χ4n) is 3.92. The Morgan fingerprint density at radius 2 is 1.84 bits per heavy atom. The molecular weight excluding hydrogens is 306 g/mol. The van der Waals surface area contributed by atoms with Crippen LogP contribution in [-0.4, -0.2) is 25.0 Å². The van der Waals surface area contributed by atoms with E-state index in [1.54, 1.807) is 0 Å². The summed E-state index contributed by atoms with van der Waals surface area (Å²) < 4.78 is 6.47. The van der Waals surface area contributed by atoms with Crippen LogP contribution in [-0.2, 0) is 12.8 Å². The summed E-state index contributed by atoms with van der Waals surface area (Å²) in [7, 11) is 2.25. The Bertz CT molecular complexity index is 692. The van der Waals surface area contributed by atoms with Crippen LogP contribution in [0.3, 0.4) is 0 Å². The Morgan fingerprint density at radius 3 is 2.64 bits per heavy atom. The van der Waals surface area contributed by atoms with Crippen LogP contribution in [0, 0.1) is 5.92 Å². The molecule has 1 atom stereocenters. The predicted molar refractivity (Wildman–Crippen MR) is 103 cm³/mol. The van der Waals surface area contributed by atoms with Crippen molar-refractivity contribution in [1.29, 1.82) is 0 Å². The maximum atomic E-state index is 6.47. The van der Waals surface area contributed by atoms with Gasteiger partial charge in [0.1, 0.15) is 11.9 Å². The van der Waals surface area contributed by atoms with Gasteiger partial charge < -0.3 is 9.64 Å². The summed E-state index contributed by atoms with van der Waals surface area (Å²) in [6, 6.07) is 17.4. The maximum absolute atomic E-state index is 6.47. The number of nitrogens with zero attached hydrogens (tertiary/aromatic N) is 1. The third-order valence-corrected chi connectivity index (χ3v) is 5.56. The van der Waals surface area contributed by atoms with Gasteiger partial charge in [-0.1, -0.05) is 36.4 Å². The van der Waals surface area contributed by atoms with Crippen molar-refractivity contribution in [3.63, 3.8) is 0 Å². The van der Waals surface area contributed by atoms with E-state index in [0.29, 0.717) is 0 Å². The average molecular weight is 335 g/mol. The van der Waals surface area contributed by atoms with Gasteiger partial charge >= 0.3 is 0 Å². The van der Waals surface area contributed by atoms with Crippen LogP contribution in [0.1, 0.15) is 48.5 Å². The first-order valence-electron chi connectivity index (χ1n) is 9.80. The highest BCUT2D eigenvalue weighted by Gasteiger charge is 2.23. The molecule has 0 radical (unpaired) electrons. The lowest BCUT2D eigenvalue weighted by Gasteiger charge is -2.23. The average Bonchev–Trinajstić information content (AvgIpc) is 3.32. The number of benzene rings is 2. The summed E-state index contributed by atoms with van der Waals surface area (Å²) in [6.45, 7) is 2.32. The molecule has 2 aromatic rings. The molecule has 2 aliphatic carbocycles. The molecule has 1 unspecified atom stereocenters. The quantitative estimate of drug-likeness (QED) is 0.671. The second kappa shape index (κ2) is 7.61. The van der Waals surface area contributed by atoms with Crippen molar-refractivity contribution >= 4 is 0 Å². The third-order valence-electron chi connectivity index (χ3n) is 5.56. The number of rotatable bonds is 8. The van der Waals surface area contributed by atoms with Crippen molar-refractivity contribution in [2.75, 3.05) is 20.1 Å². The number of hydrogen-bond donors (Lipinski definition) is 0. The molecular formula is C23H29NO. The number of hydrogen-bond acceptors (Lipinski definition) is 2. The highest BCUT2D eigenvalue weighted by molar-refractivity contribution is 5.38. The fourth-order valence-corrected chi connectivity index (χ4v) is 3.92. The smallest absolute Gasteiger partial charge is 0.125 e. The van der Waals surface area contributed by atoms with Gasteiger partial charge in [0, 0.05) is 19.5 Å². The molecule has 1 saturated carbocycles. The summed E-state index contributed by atoms with van der Waals surface area (Å²) in [5.41, 5.74) is 4.27. The van der Waals surface area contributed by atoms with E-state index in [-0.39, 0.29) is 6.10 Å². The largest absolute Gasteiger partial charge is 0.486 e. The SMILES string of the molecule is CN(CCC(Oc1ccc2c(c1)CCC2)c1ccccc1)CC1CC1. The zero-order chi connectivity index (χ0) is 17.1. The third kappa shape index (κ3) is 4.43. The molecule has 132 valence electrons. The monoisotopic (exact) mass is 335 g/mol. The van der Waals surface area contributed by atoms with Gasteiger partial charge in [0.2, 0.25) is 0 Å². The summed E-state index contributed by atoms with van der Waals surface area (Å²) in [5, 5.41) is 0. The van der Waals surface area contributed by atoms with E-state index in [1.807, 2.05) is 0 Å². The molecule has 2 aromatic carbocycles. The molecule has 0 amide bonds. The van der Waals surface area contributed by atoms with Crippen LogP contribution < -0.4 is 4.74 Å². The maximum Gasteiger partial charge on any atom is 0.125 e. The van der Waals surface area contributed by atoms with Gasteiger partial charge in [0.15, 0.2) is 0 Å². The Balaban J connectivity index is 1.45. The molecule has 2 heteroatoms. The molecule has 1 fully saturated rings. The molecule has 0 aliphatic heterocycles. The van der Waals surface area contributed by atoms with E-state index in [9.17, 15) is 0 Å². The molecule has 0 N–H and O–H groups in total. The van der Waals surface area contributed by atoms with Gasteiger partial charge in [-0.25, -0.2) is 0 Å². The Morgan fingerprint density at radius 1 is 1.04 bits per heavy atom. The standard InChI is InChI=1S/C23H29NO/c1-24(17-18-10-11-18)15-14-23(20-6-3-2-4-7-20)25-22-13-12-19-8-5-9-21(19)16-22/h2-4,6-7,12-13,16,18,23H,5,8-11,14-15,17H2,1H3. The van der Waals surface area contributed by atoms with Crippen LogP contribution in [0.2, 0.25) is 0 Å². The van der Waals surface area contributed by atoms with E-state index in [1.165, 1.54) is 55.3 Å². The van der Waals surface area contributed by atoms with Crippen molar-refractivity contribution in [2.24, 2.45) is 5.92 Å². The lowest BCUT2D eigenvalue weighted by atomic mass is 10.1. The summed E-state index contributed by atoms with van der Waals surface area (Å²) in [6.07, 6.45) is 7.70. The van der Waals surface area contributed by atoms with Crippen molar-refractivity contribution in [2.45, 2.75) is 44.6 Å². The van der Waals surface area contributed by atoms with Crippen LogP contribution in [0.4, 0.5) is 0 Å². The van der Waals surface area contributed by atoms with Gasteiger partial charge in [0.05, 0.1) is 0 Å². The fraction of sp³-hybridized carbons (Fsp3) is 0.478. The molecule has 2 nitrogen and oxygen atoms in total. The Hall–Kier alpha value is -1.80. The van der Waals surface area contributed by atoms with Gasteiger partial charge in [0.25, 0.3) is 0 Å². The highest BCUT2D eigenvalue weighted by atomic mass is 16.5. The van der Waals surface area contributed by atoms with Crippen LogP contribution in [0.25, 0.3) is 0 Å². The second-order valence-electron chi connectivity index (χ2n) is 7.80. The Kier molecular flexibility index (Phi) is 5.07. The van der Waals surface area contributed by atoms with Gasteiger partial charge in [-0.15, -0.1) is 0 Å². The lowest BCUT2D eigenvalue weighted by molar-refractivity contribution is 0.171. The van der Waals surface area contributed by atoms with Crippen molar-refractivity contribution in [3.8, 4) is 5.75 Å². The number of aryl methyl sites for hydroxylation is 2. The van der Waals surface area contributed by atoms with Gasteiger partial charge in [-0.05, 0) is 73.9 Å². The van der Waals surface area contributed by atoms with E-state index < -0.39 is 0 Å². The Labute approximate surface area is 151 Å². The minimum Gasteiger partial charge on any atom is -0.486 e. The first kappa shape index (κ1) is 16.7. The molecule has 0 aromatic heterocycles. The first-order valence-corrected chi connectivity index (χ1v) is 9.80. The van der Waals surface area contributed by atoms with Crippen molar-refractivity contribution in [3.05, 3.63) is 65.2 Å². The van der Waals surface area contributed by atoms with Gasteiger partial charge in [-0.2, -0.15) is 0 Å². The topological polar surface area (TPSA) is 12.5 Å². The lowest BCUT2D eigenvalue weighted by Crippen LogP contribution is -2.25. The van der Waals surface area contributed by atoms with Crippen LogP contribution >= 0.6 is 0 Å². The van der Waals surface area contributed by atoms with Crippen molar-refractivity contribution in [1.82, 2.24) is 4.90 Å². The molecule has 0 bridgehead atoms. The van der Waals surface area contributed by atoms with E-state index in [4.69, 9.17) is 4.74 Å². The van der Waals surface area contributed by atoms with Crippen molar-refractivity contribution < 1.29 is 4.74 Å². The molecule has 2 aliphatic rings. The number of ether oxygens (including phenoxy) is 1. The second-order valence-corrected chi connectivity index (χ2v) is 7.80. The molecule has 0 heterocycles. The van der Waals surface area contributed by atoms with Crippen LogP contribution in [0.5, 0.6) is 5.75 Å². The van der Waals surface area contributed by atoms with Crippen LogP contribution in [0.15, 0.2) is 48.5 Å². The highest BCUT2D eigenvalue weighted by Crippen LogP contribution is 2.31. The summed E-state index contributed by atoms with van der Waals surface area (Å²) in [5.74, 6) is 1.97.